The minimum atomic E-state index is -0.156. The molecule has 5 heteroatoms. The summed E-state index contributed by atoms with van der Waals surface area (Å²) in [5, 5.41) is 0. The monoisotopic (exact) mass is 342 g/mol. The summed E-state index contributed by atoms with van der Waals surface area (Å²) in [4.78, 5) is 38.9. The topological polar surface area (TPSA) is 57.7 Å². The van der Waals surface area contributed by atoms with Crippen LogP contribution >= 0.6 is 0 Å². The molecule has 25 heavy (non-hydrogen) atoms. The fourth-order valence-electron chi connectivity index (χ4n) is 3.47. The highest BCUT2D eigenvalue weighted by Gasteiger charge is 2.30. The molecule has 0 unspecified atom stereocenters. The molecule has 0 bridgehead atoms. The predicted octanol–water partition coefficient (Wildman–Crippen LogP) is 2.41. The molecule has 0 aromatic heterocycles. The zero-order valence-corrected chi connectivity index (χ0v) is 15.3. The number of likely N-dealkylation sites (tertiary alicyclic amines) is 1. The number of fused-ring (bicyclic) bond motifs is 1. The lowest BCUT2D eigenvalue weighted by atomic mass is 9.84. The summed E-state index contributed by atoms with van der Waals surface area (Å²) in [5.41, 5.74) is 3.87. The van der Waals surface area contributed by atoms with Crippen LogP contribution in [0.2, 0.25) is 0 Å². The van der Waals surface area contributed by atoms with Crippen molar-refractivity contribution in [3.63, 3.8) is 0 Å². The second-order valence-electron chi connectivity index (χ2n) is 7.99. The van der Waals surface area contributed by atoms with Crippen LogP contribution in [-0.4, -0.2) is 40.6 Å². The second kappa shape index (κ2) is 6.62. The average molecular weight is 342 g/mol. The number of carbonyl (C=O) groups is 3. The van der Waals surface area contributed by atoms with Gasteiger partial charge in [0.05, 0.1) is 0 Å². The maximum absolute atomic E-state index is 12.5. The molecular formula is C20H26N2O3. The largest absolute Gasteiger partial charge is 0.338 e. The van der Waals surface area contributed by atoms with Crippen molar-refractivity contribution in [2.24, 2.45) is 0 Å². The molecule has 1 fully saturated rings. The molecule has 0 aliphatic carbocycles. The van der Waals surface area contributed by atoms with Crippen molar-refractivity contribution in [2.45, 2.75) is 58.4 Å². The average Bonchev–Trinajstić information content (AvgIpc) is 2.89. The molecule has 0 atom stereocenters. The van der Waals surface area contributed by atoms with E-state index < -0.39 is 0 Å². The van der Waals surface area contributed by atoms with Gasteiger partial charge in [0, 0.05) is 38.9 Å². The third-order valence-corrected chi connectivity index (χ3v) is 5.14. The normalized spacial score (nSPS) is 17.9. The number of hydrogen-bond acceptors (Lipinski definition) is 3. The van der Waals surface area contributed by atoms with E-state index in [4.69, 9.17) is 0 Å². The molecule has 5 nitrogen and oxygen atoms in total. The number of carbonyl (C=O) groups excluding carboxylic acids is 3. The fraction of sp³-hybridized carbons (Fsp3) is 0.550. The van der Waals surface area contributed by atoms with Crippen molar-refractivity contribution in [2.75, 3.05) is 13.1 Å². The van der Waals surface area contributed by atoms with Gasteiger partial charge in [-0.05, 0) is 28.5 Å². The highest BCUT2D eigenvalue weighted by Crippen LogP contribution is 2.27. The van der Waals surface area contributed by atoms with Crippen molar-refractivity contribution < 1.29 is 14.4 Å². The lowest BCUT2D eigenvalue weighted by Gasteiger charge is -2.31. The lowest BCUT2D eigenvalue weighted by Crippen LogP contribution is -2.39. The van der Waals surface area contributed by atoms with Gasteiger partial charge in [-0.15, -0.1) is 0 Å². The molecule has 1 aromatic carbocycles. The maximum Gasteiger partial charge on any atom is 0.229 e. The van der Waals surface area contributed by atoms with Crippen LogP contribution < -0.4 is 0 Å². The minimum Gasteiger partial charge on any atom is -0.338 e. The Morgan fingerprint density at radius 3 is 2.36 bits per heavy atom. The van der Waals surface area contributed by atoms with Gasteiger partial charge in [0.25, 0.3) is 0 Å². The van der Waals surface area contributed by atoms with Gasteiger partial charge in [0.1, 0.15) is 0 Å². The van der Waals surface area contributed by atoms with E-state index in [0.29, 0.717) is 13.1 Å². The molecule has 3 amide bonds. The van der Waals surface area contributed by atoms with Crippen molar-refractivity contribution in [3.05, 3.63) is 34.9 Å². The highest BCUT2D eigenvalue weighted by atomic mass is 16.2. The van der Waals surface area contributed by atoms with Crippen molar-refractivity contribution in [1.29, 1.82) is 0 Å². The molecule has 0 saturated carbocycles. The molecule has 1 saturated heterocycles. The van der Waals surface area contributed by atoms with Crippen molar-refractivity contribution in [1.82, 2.24) is 9.80 Å². The summed E-state index contributed by atoms with van der Waals surface area (Å²) < 4.78 is 0. The van der Waals surface area contributed by atoms with Crippen LogP contribution in [0, 0.1) is 0 Å². The summed E-state index contributed by atoms with van der Waals surface area (Å²) in [6.07, 6.45) is 1.62. The Morgan fingerprint density at radius 1 is 1.04 bits per heavy atom. The zero-order chi connectivity index (χ0) is 18.2. The molecule has 0 spiro atoms. The van der Waals surface area contributed by atoms with Crippen LogP contribution in [-0.2, 0) is 32.8 Å². The first-order valence-corrected chi connectivity index (χ1v) is 8.99. The van der Waals surface area contributed by atoms with Crippen LogP contribution in [0.1, 0.15) is 56.7 Å². The summed E-state index contributed by atoms with van der Waals surface area (Å²) in [5.74, 6) is -0.299. The number of imide groups is 1. The van der Waals surface area contributed by atoms with E-state index in [-0.39, 0.29) is 48.9 Å². The highest BCUT2D eigenvalue weighted by molar-refractivity contribution is 6.02. The molecule has 0 N–H and O–H groups in total. The van der Waals surface area contributed by atoms with E-state index in [1.54, 1.807) is 0 Å². The van der Waals surface area contributed by atoms with Crippen molar-refractivity contribution in [3.8, 4) is 0 Å². The van der Waals surface area contributed by atoms with Gasteiger partial charge in [-0.2, -0.15) is 0 Å². The number of amides is 3. The first-order chi connectivity index (χ1) is 11.8. The molecule has 2 aliphatic heterocycles. The minimum absolute atomic E-state index is 0.0133. The van der Waals surface area contributed by atoms with E-state index in [9.17, 15) is 14.4 Å². The second-order valence-corrected chi connectivity index (χ2v) is 7.99. The fourth-order valence-corrected chi connectivity index (χ4v) is 3.47. The standard InChI is InChI=1S/C20H26N2O3/c1-20(2,3)16-5-4-14-8-10-21(13-15(14)12-16)17(23)9-11-22-18(24)6-7-19(22)25/h4-5,12H,6-11,13H2,1-3H3. The van der Waals surface area contributed by atoms with E-state index in [2.05, 4.69) is 39.0 Å². The van der Waals surface area contributed by atoms with E-state index in [1.165, 1.54) is 21.6 Å². The quantitative estimate of drug-likeness (QED) is 0.793. The van der Waals surface area contributed by atoms with Crippen LogP contribution in [0.5, 0.6) is 0 Å². The van der Waals surface area contributed by atoms with E-state index >= 15 is 0 Å². The smallest absolute Gasteiger partial charge is 0.229 e. The van der Waals surface area contributed by atoms with Gasteiger partial charge < -0.3 is 4.90 Å². The number of rotatable bonds is 3. The molecular weight excluding hydrogens is 316 g/mol. The van der Waals surface area contributed by atoms with Gasteiger partial charge in [-0.25, -0.2) is 0 Å². The first-order valence-electron chi connectivity index (χ1n) is 8.99. The Morgan fingerprint density at radius 2 is 1.72 bits per heavy atom. The Hall–Kier alpha value is -2.17. The Balaban J connectivity index is 1.64. The number of hydrogen-bond donors (Lipinski definition) is 0. The van der Waals surface area contributed by atoms with Gasteiger partial charge >= 0.3 is 0 Å². The summed E-state index contributed by atoms with van der Waals surface area (Å²) >= 11 is 0. The Bertz CT molecular complexity index is 702. The Kier molecular flexibility index (Phi) is 4.67. The maximum atomic E-state index is 12.5. The summed E-state index contributed by atoms with van der Waals surface area (Å²) in [6.45, 7) is 8.07. The summed E-state index contributed by atoms with van der Waals surface area (Å²) in [6, 6.07) is 6.57. The number of benzene rings is 1. The third-order valence-electron chi connectivity index (χ3n) is 5.14. The van der Waals surface area contributed by atoms with E-state index in [1.807, 2.05) is 4.90 Å². The zero-order valence-electron chi connectivity index (χ0n) is 15.3. The van der Waals surface area contributed by atoms with Gasteiger partial charge in [-0.1, -0.05) is 39.0 Å². The molecule has 3 rings (SSSR count). The SMILES string of the molecule is CC(C)(C)c1ccc2c(c1)CN(C(=O)CCN1C(=O)CCC1=O)CC2. The molecule has 1 aromatic rings. The first kappa shape index (κ1) is 17.6. The number of nitrogens with zero attached hydrogens (tertiary/aromatic N) is 2. The predicted molar refractivity (Wildman–Crippen MR) is 94.8 cm³/mol. The molecule has 0 radical (unpaired) electrons. The van der Waals surface area contributed by atoms with Gasteiger partial charge in [0.2, 0.25) is 17.7 Å². The van der Waals surface area contributed by atoms with Crippen LogP contribution in [0.15, 0.2) is 18.2 Å². The van der Waals surface area contributed by atoms with Crippen LogP contribution in [0.3, 0.4) is 0 Å². The lowest BCUT2D eigenvalue weighted by molar-refractivity contribution is -0.139. The molecule has 2 aliphatic rings. The van der Waals surface area contributed by atoms with E-state index in [0.717, 1.165) is 6.42 Å². The van der Waals surface area contributed by atoms with Gasteiger partial charge in [-0.3, -0.25) is 19.3 Å². The third kappa shape index (κ3) is 3.75. The summed E-state index contributed by atoms with van der Waals surface area (Å²) in [7, 11) is 0. The molecule has 134 valence electrons. The van der Waals surface area contributed by atoms with Crippen LogP contribution in [0.25, 0.3) is 0 Å². The van der Waals surface area contributed by atoms with Gasteiger partial charge in [0.15, 0.2) is 0 Å². The van der Waals surface area contributed by atoms with Crippen molar-refractivity contribution >= 4 is 17.7 Å². The Labute approximate surface area is 149 Å². The molecule has 2 heterocycles. The van der Waals surface area contributed by atoms with Crippen LogP contribution in [0.4, 0.5) is 0 Å².